The third kappa shape index (κ3) is 4.83. The van der Waals surface area contributed by atoms with Crippen LogP contribution >= 0.6 is 0 Å². The van der Waals surface area contributed by atoms with E-state index in [1.165, 1.54) is 0 Å². The van der Waals surface area contributed by atoms with Crippen LogP contribution in [-0.4, -0.2) is 26.4 Å². The molecule has 0 aliphatic carbocycles. The molecule has 0 spiro atoms. The molecule has 0 saturated heterocycles. The van der Waals surface area contributed by atoms with Gasteiger partial charge in [-0.1, -0.05) is 13.3 Å². The highest BCUT2D eigenvalue weighted by Crippen LogP contribution is 2.41. The SMILES string of the molecule is [CH2]CCCOc1cc(OCC)c(OCC)c(OCC)c1. The van der Waals surface area contributed by atoms with Gasteiger partial charge in [-0.15, -0.1) is 0 Å². The van der Waals surface area contributed by atoms with Crippen LogP contribution in [0, 0.1) is 6.92 Å². The summed E-state index contributed by atoms with van der Waals surface area (Å²) in [5.74, 6) is 2.68. The summed E-state index contributed by atoms with van der Waals surface area (Å²) in [5.41, 5.74) is 0. The molecule has 0 atom stereocenters. The predicted octanol–water partition coefficient (Wildman–Crippen LogP) is 3.88. The maximum absolute atomic E-state index is 5.70. The Balaban J connectivity index is 3.01. The highest BCUT2D eigenvalue weighted by Gasteiger charge is 2.15. The number of benzene rings is 1. The quantitative estimate of drug-likeness (QED) is 0.610. The molecule has 0 aliphatic heterocycles. The van der Waals surface area contributed by atoms with Crippen LogP contribution in [0.25, 0.3) is 0 Å². The number of hydrogen-bond acceptors (Lipinski definition) is 4. The third-order valence-electron chi connectivity index (χ3n) is 2.55. The molecule has 0 amide bonds. The zero-order chi connectivity index (χ0) is 14.8. The van der Waals surface area contributed by atoms with Crippen LogP contribution in [0.1, 0.15) is 33.6 Å². The van der Waals surface area contributed by atoms with E-state index < -0.39 is 0 Å². The monoisotopic (exact) mass is 281 g/mol. The summed E-state index contributed by atoms with van der Waals surface area (Å²) in [6.45, 7) is 11.9. The molecule has 0 N–H and O–H groups in total. The largest absolute Gasteiger partial charge is 0.493 e. The molecule has 1 aromatic carbocycles. The van der Waals surface area contributed by atoms with E-state index in [-0.39, 0.29) is 0 Å². The van der Waals surface area contributed by atoms with Crippen molar-refractivity contribution in [2.45, 2.75) is 33.6 Å². The fraction of sp³-hybridized carbons (Fsp3) is 0.562. The summed E-state index contributed by atoms with van der Waals surface area (Å²) in [5, 5.41) is 0. The molecule has 0 unspecified atom stereocenters. The van der Waals surface area contributed by atoms with E-state index in [2.05, 4.69) is 6.92 Å². The topological polar surface area (TPSA) is 36.9 Å². The molecule has 113 valence electrons. The lowest BCUT2D eigenvalue weighted by molar-refractivity contribution is 0.254. The Bertz CT molecular complexity index is 363. The van der Waals surface area contributed by atoms with Crippen molar-refractivity contribution in [3.05, 3.63) is 19.1 Å². The molecule has 1 rings (SSSR count). The molecule has 20 heavy (non-hydrogen) atoms. The van der Waals surface area contributed by atoms with Crippen LogP contribution in [-0.2, 0) is 0 Å². The van der Waals surface area contributed by atoms with E-state index in [0.717, 1.165) is 18.6 Å². The first-order valence-corrected chi connectivity index (χ1v) is 7.25. The number of ether oxygens (including phenoxy) is 4. The normalized spacial score (nSPS) is 10.2. The Kier molecular flexibility index (Phi) is 7.70. The second-order valence-electron chi connectivity index (χ2n) is 4.10. The summed E-state index contributed by atoms with van der Waals surface area (Å²) >= 11 is 0. The van der Waals surface area contributed by atoms with Gasteiger partial charge in [-0.05, 0) is 27.2 Å². The maximum atomic E-state index is 5.70. The molecule has 0 bridgehead atoms. The maximum Gasteiger partial charge on any atom is 0.203 e. The molecular formula is C16H25O4. The van der Waals surface area contributed by atoms with Gasteiger partial charge in [0.25, 0.3) is 0 Å². The van der Waals surface area contributed by atoms with Crippen LogP contribution in [0.5, 0.6) is 23.0 Å². The zero-order valence-corrected chi connectivity index (χ0v) is 12.7. The second-order valence-corrected chi connectivity index (χ2v) is 4.10. The van der Waals surface area contributed by atoms with Gasteiger partial charge in [-0.2, -0.15) is 0 Å². The van der Waals surface area contributed by atoms with Gasteiger partial charge in [0.15, 0.2) is 11.5 Å². The number of unbranched alkanes of at least 4 members (excludes halogenated alkanes) is 1. The van der Waals surface area contributed by atoms with E-state index in [4.69, 9.17) is 18.9 Å². The average Bonchev–Trinajstić information content (AvgIpc) is 2.43. The molecular weight excluding hydrogens is 256 g/mol. The Morgan fingerprint density at radius 1 is 0.850 bits per heavy atom. The van der Waals surface area contributed by atoms with Crippen molar-refractivity contribution in [3.8, 4) is 23.0 Å². The molecule has 0 aromatic heterocycles. The Morgan fingerprint density at radius 2 is 1.40 bits per heavy atom. The van der Waals surface area contributed by atoms with Gasteiger partial charge in [0.1, 0.15) is 5.75 Å². The highest BCUT2D eigenvalue weighted by atomic mass is 16.5. The third-order valence-corrected chi connectivity index (χ3v) is 2.55. The summed E-state index contributed by atoms with van der Waals surface area (Å²) in [6.07, 6.45) is 1.77. The Hall–Kier alpha value is -1.58. The molecule has 0 saturated carbocycles. The van der Waals surface area contributed by atoms with Gasteiger partial charge in [0, 0.05) is 12.1 Å². The van der Waals surface area contributed by atoms with Crippen molar-refractivity contribution in [2.75, 3.05) is 26.4 Å². The lowest BCUT2D eigenvalue weighted by atomic mass is 10.2. The van der Waals surface area contributed by atoms with Gasteiger partial charge in [-0.3, -0.25) is 0 Å². The lowest BCUT2D eigenvalue weighted by Crippen LogP contribution is -2.04. The van der Waals surface area contributed by atoms with Gasteiger partial charge < -0.3 is 18.9 Å². The van der Waals surface area contributed by atoms with Gasteiger partial charge in [0.2, 0.25) is 5.75 Å². The van der Waals surface area contributed by atoms with Crippen LogP contribution in [0.3, 0.4) is 0 Å². The van der Waals surface area contributed by atoms with Crippen molar-refractivity contribution in [3.63, 3.8) is 0 Å². The van der Waals surface area contributed by atoms with Crippen LogP contribution in [0.15, 0.2) is 12.1 Å². The zero-order valence-electron chi connectivity index (χ0n) is 12.7. The Labute approximate surface area is 122 Å². The lowest BCUT2D eigenvalue weighted by Gasteiger charge is -2.17. The van der Waals surface area contributed by atoms with Gasteiger partial charge in [0.05, 0.1) is 26.4 Å². The summed E-state index contributed by atoms with van der Waals surface area (Å²) in [4.78, 5) is 0. The predicted molar refractivity (Wildman–Crippen MR) is 80.0 cm³/mol. The van der Waals surface area contributed by atoms with Gasteiger partial charge in [-0.25, -0.2) is 0 Å². The standard InChI is InChI=1S/C16H25O4/c1-5-9-10-20-13-11-14(17-6-2)16(19-8-4)15(12-13)18-7-3/h11-12H,1,5-10H2,2-4H3. The molecule has 4 heteroatoms. The fourth-order valence-corrected chi connectivity index (χ4v) is 1.74. The highest BCUT2D eigenvalue weighted by molar-refractivity contribution is 5.56. The van der Waals surface area contributed by atoms with Crippen molar-refractivity contribution in [1.82, 2.24) is 0 Å². The second kappa shape index (κ2) is 9.34. The van der Waals surface area contributed by atoms with E-state index in [0.29, 0.717) is 43.7 Å². The van der Waals surface area contributed by atoms with E-state index in [9.17, 15) is 0 Å². The minimum Gasteiger partial charge on any atom is -0.493 e. The molecule has 0 fully saturated rings. The summed E-state index contributed by atoms with van der Waals surface area (Å²) in [6, 6.07) is 3.69. The number of rotatable bonds is 10. The van der Waals surface area contributed by atoms with Crippen LogP contribution in [0.2, 0.25) is 0 Å². The first-order chi connectivity index (χ1) is 9.76. The van der Waals surface area contributed by atoms with E-state index in [1.54, 1.807) is 0 Å². The van der Waals surface area contributed by atoms with E-state index >= 15 is 0 Å². The minimum atomic E-state index is 0.557. The number of hydrogen-bond donors (Lipinski definition) is 0. The first-order valence-electron chi connectivity index (χ1n) is 7.25. The fourth-order valence-electron chi connectivity index (χ4n) is 1.74. The summed E-state index contributed by atoms with van der Waals surface area (Å²) < 4.78 is 22.6. The molecule has 0 aliphatic rings. The van der Waals surface area contributed by atoms with Crippen molar-refractivity contribution >= 4 is 0 Å². The van der Waals surface area contributed by atoms with Crippen molar-refractivity contribution in [2.24, 2.45) is 0 Å². The van der Waals surface area contributed by atoms with Crippen molar-refractivity contribution in [1.29, 1.82) is 0 Å². The van der Waals surface area contributed by atoms with E-state index in [1.807, 2.05) is 32.9 Å². The molecule has 0 heterocycles. The summed E-state index contributed by atoms with van der Waals surface area (Å²) in [7, 11) is 0. The van der Waals surface area contributed by atoms with Crippen LogP contribution < -0.4 is 18.9 Å². The van der Waals surface area contributed by atoms with Gasteiger partial charge >= 0.3 is 0 Å². The minimum absolute atomic E-state index is 0.557. The Morgan fingerprint density at radius 3 is 1.85 bits per heavy atom. The smallest absolute Gasteiger partial charge is 0.203 e. The molecule has 1 radical (unpaired) electrons. The average molecular weight is 281 g/mol. The molecule has 4 nitrogen and oxygen atoms in total. The first kappa shape index (κ1) is 16.5. The van der Waals surface area contributed by atoms with Crippen LogP contribution in [0.4, 0.5) is 0 Å². The molecule has 1 aromatic rings. The van der Waals surface area contributed by atoms with Crippen molar-refractivity contribution < 1.29 is 18.9 Å².